The highest BCUT2D eigenvalue weighted by Crippen LogP contribution is 2.20. The van der Waals surface area contributed by atoms with E-state index in [-0.39, 0.29) is 18.0 Å². The van der Waals surface area contributed by atoms with Gasteiger partial charge >= 0.3 is 5.97 Å². The van der Waals surface area contributed by atoms with Crippen LogP contribution in [0.5, 0.6) is 5.75 Å². The molecule has 3 aromatic rings. The monoisotopic (exact) mass is 416 g/mol. The lowest BCUT2D eigenvalue weighted by Gasteiger charge is -2.07. The Morgan fingerprint density at radius 3 is 2.55 bits per heavy atom. The first-order chi connectivity index (χ1) is 13.9. The molecule has 0 spiro atoms. The van der Waals surface area contributed by atoms with Crippen LogP contribution in [0.1, 0.15) is 25.3 Å². The molecule has 0 radical (unpaired) electrons. The van der Waals surface area contributed by atoms with Gasteiger partial charge in [0, 0.05) is 0 Å². The van der Waals surface area contributed by atoms with Crippen molar-refractivity contribution in [3.05, 3.63) is 58.6 Å². The predicted molar refractivity (Wildman–Crippen MR) is 108 cm³/mol. The third-order valence-corrected chi connectivity index (χ3v) is 5.33. The number of halogens is 1. The molecule has 6 nitrogen and oxygen atoms in total. The zero-order chi connectivity index (χ0) is 21.0. The smallest absolute Gasteiger partial charge is 0.325 e. The molecule has 0 N–H and O–H groups in total. The second-order valence-electron chi connectivity index (χ2n) is 6.68. The number of amides is 1. The summed E-state index contributed by atoms with van der Waals surface area (Å²) in [7, 11) is 1.28. The van der Waals surface area contributed by atoms with Crippen molar-refractivity contribution in [2.24, 2.45) is 4.99 Å². The van der Waals surface area contributed by atoms with Crippen LogP contribution in [-0.4, -0.2) is 30.2 Å². The minimum Gasteiger partial charge on any atom is -0.484 e. The highest BCUT2D eigenvalue weighted by Gasteiger charge is 2.13. The molecule has 0 saturated carbocycles. The molecule has 0 aliphatic carbocycles. The molecule has 0 aliphatic rings. The van der Waals surface area contributed by atoms with Crippen LogP contribution in [-0.2, 0) is 20.9 Å². The maximum Gasteiger partial charge on any atom is 0.325 e. The van der Waals surface area contributed by atoms with Gasteiger partial charge in [-0.3, -0.25) is 9.59 Å². The highest BCUT2D eigenvalue weighted by atomic mass is 32.1. The van der Waals surface area contributed by atoms with E-state index in [1.165, 1.54) is 29.4 Å². The SMILES string of the molecule is COC(=O)Cn1c(=NC(=O)COc2ccc(C(C)C)cc2)sc2cc(F)ccc21. The zero-order valence-corrected chi connectivity index (χ0v) is 17.2. The van der Waals surface area contributed by atoms with Crippen molar-refractivity contribution in [1.82, 2.24) is 4.57 Å². The molecule has 1 heterocycles. The van der Waals surface area contributed by atoms with Crippen LogP contribution in [0, 0.1) is 5.82 Å². The average Bonchev–Trinajstić information content (AvgIpc) is 3.02. The number of carbonyl (C=O) groups excluding carboxylic acids is 2. The number of nitrogens with zero attached hydrogens (tertiary/aromatic N) is 2. The van der Waals surface area contributed by atoms with Crippen molar-refractivity contribution in [3.63, 3.8) is 0 Å². The Bertz CT molecular complexity index is 1100. The largest absolute Gasteiger partial charge is 0.484 e. The molecule has 3 rings (SSSR count). The Hall–Kier alpha value is -3.00. The molecule has 8 heteroatoms. The predicted octanol–water partition coefficient (Wildman–Crippen LogP) is 3.64. The van der Waals surface area contributed by atoms with Crippen LogP contribution in [0.4, 0.5) is 4.39 Å². The van der Waals surface area contributed by atoms with Gasteiger partial charge in [0.25, 0.3) is 5.91 Å². The van der Waals surface area contributed by atoms with E-state index in [2.05, 4.69) is 18.8 Å². The third kappa shape index (κ3) is 5.08. The van der Waals surface area contributed by atoms with E-state index in [9.17, 15) is 14.0 Å². The molecule has 29 heavy (non-hydrogen) atoms. The Morgan fingerprint density at radius 1 is 1.17 bits per heavy atom. The topological polar surface area (TPSA) is 69.9 Å². The van der Waals surface area contributed by atoms with Crippen LogP contribution in [0.15, 0.2) is 47.5 Å². The van der Waals surface area contributed by atoms with Crippen molar-refractivity contribution in [3.8, 4) is 5.75 Å². The number of methoxy groups -OCH3 is 1. The molecule has 1 aromatic heterocycles. The molecular weight excluding hydrogens is 395 g/mol. The highest BCUT2D eigenvalue weighted by molar-refractivity contribution is 7.16. The van der Waals surface area contributed by atoms with Gasteiger partial charge in [0.15, 0.2) is 11.4 Å². The summed E-state index contributed by atoms with van der Waals surface area (Å²) in [5.41, 5.74) is 1.77. The molecule has 0 atom stereocenters. The second-order valence-corrected chi connectivity index (χ2v) is 7.69. The van der Waals surface area contributed by atoms with E-state index in [0.29, 0.717) is 21.9 Å². The molecule has 0 unspecified atom stereocenters. The fourth-order valence-corrected chi connectivity index (χ4v) is 3.78. The number of ether oxygens (including phenoxy) is 2. The normalized spacial score (nSPS) is 11.8. The van der Waals surface area contributed by atoms with Crippen LogP contribution >= 0.6 is 11.3 Å². The van der Waals surface area contributed by atoms with E-state index < -0.39 is 17.7 Å². The lowest BCUT2D eigenvalue weighted by atomic mass is 10.0. The van der Waals surface area contributed by atoms with Crippen molar-refractivity contribution >= 4 is 33.4 Å². The lowest BCUT2D eigenvalue weighted by molar-refractivity contribution is -0.141. The summed E-state index contributed by atoms with van der Waals surface area (Å²) in [6.07, 6.45) is 0. The van der Waals surface area contributed by atoms with E-state index in [0.717, 1.165) is 11.3 Å². The number of carbonyl (C=O) groups is 2. The van der Waals surface area contributed by atoms with E-state index >= 15 is 0 Å². The minimum absolute atomic E-state index is 0.133. The summed E-state index contributed by atoms with van der Waals surface area (Å²) < 4.78 is 25.9. The number of rotatable bonds is 6. The molecule has 152 valence electrons. The van der Waals surface area contributed by atoms with Gasteiger partial charge in [-0.1, -0.05) is 37.3 Å². The Labute approximate surface area is 171 Å². The van der Waals surface area contributed by atoms with Crippen molar-refractivity contribution < 1.29 is 23.5 Å². The molecular formula is C21H21FN2O4S. The van der Waals surface area contributed by atoms with Gasteiger partial charge in [-0.25, -0.2) is 4.39 Å². The summed E-state index contributed by atoms with van der Waals surface area (Å²) in [5.74, 6) is -0.439. The van der Waals surface area contributed by atoms with Crippen LogP contribution in [0.25, 0.3) is 10.2 Å². The molecule has 0 fully saturated rings. The van der Waals surface area contributed by atoms with Gasteiger partial charge in [0.05, 0.1) is 17.3 Å². The quantitative estimate of drug-likeness (QED) is 0.575. The molecule has 0 bridgehead atoms. The molecule has 0 aliphatic heterocycles. The summed E-state index contributed by atoms with van der Waals surface area (Å²) in [6, 6.07) is 11.7. The first-order valence-electron chi connectivity index (χ1n) is 9.03. The van der Waals surface area contributed by atoms with Crippen molar-refractivity contribution in [1.29, 1.82) is 0 Å². The molecule has 1 amide bonds. The van der Waals surface area contributed by atoms with Gasteiger partial charge in [-0.15, -0.1) is 0 Å². The number of esters is 1. The second kappa shape index (κ2) is 9.00. The number of aromatic nitrogens is 1. The average molecular weight is 416 g/mol. The third-order valence-electron chi connectivity index (χ3n) is 4.29. The Balaban J connectivity index is 1.83. The number of thiazole rings is 1. The standard InChI is InChI=1S/C21H21FN2O4S/c1-13(2)14-4-7-16(8-5-14)28-12-19(25)23-21-24(11-20(26)27-3)17-9-6-15(22)10-18(17)29-21/h4-10,13H,11-12H2,1-3H3. The molecule has 0 saturated heterocycles. The van der Waals surface area contributed by atoms with E-state index in [1.807, 2.05) is 24.3 Å². The van der Waals surface area contributed by atoms with E-state index in [4.69, 9.17) is 9.47 Å². The summed E-state index contributed by atoms with van der Waals surface area (Å²) in [6.45, 7) is 3.81. The van der Waals surface area contributed by atoms with E-state index in [1.54, 1.807) is 6.07 Å². The number of benzene rings is 2. The van der Waals surface area contributed by atoms with Gasteiger partial charge in [-0.2, -0.15) is 4.99 Å². The minimum atomic E-state index is -0.511. The summed E-state index contributed by atoms with van der Waals surface area (Å²) in [5, 5.41) is 0. The Morgan fingerprint density at radius 2 is 1.90 bits per heavy atom. The first-order valence-corrected chi connectivity index (χ1v) is 9.85. The van der Waals surface area contributed by atoms with Gasteiger partial charge in [0.1, 0.15) is 18.1 Å². The van der Waals surface area contributed by atoms with Gasteiger partial charge in [-0.05, 0) is 41.8 Å². The fourth-order valence-electron chi connectivity index (χ4n) is 2.71. The summed E-state index contributed by atoms with van der Waals surface area (Å²) in [4.78, 5) is 28.4. The first kappa shape index (κ1) is 20.7. The van der Waals surface area contributed by atoms with Crippen molar-refractivity contribution in [2.45, 2.75) is 26.3 Å². The van der Waals surface area contributed by atoms with Crippen LogP contribution in [0.2, 0.25) is 0 Å². The fraction of sp³-hybridized carbons (Fsp3) is 0.286. The maximum absolute atomic E-state index is 13.5. The van der Waals surface area contributed by atoms with Crippen LogP contribution in [0.3, 0.4) is 0 Å². The van der Waals surface area contributed by atoms with Crippen molar-refractivity contribution in [2.75, 3.05) is 13.7 Å². The number of fused-ring (bicyclic) bond motifs is 1. The van der Waals surface area contributed by atoms with Crippen LogP contribution < -0.4 is 9.54 Å². The van der Waals surface area contributed by atoms with Gasteiger partial charge in [0.2, 0.25) is 0 Å². The number of hydrogen-bond donors (Lipinski definition) is 0. The zero-order valence-electron chi connectivity index (χ0n) is 16.3. The summed E-state index contributed by atoms with van der Waals surface area (Å²) >= 11 is 1.12. The maximum atomic E-state index is 13.5. The lowest BCUT2D eigenvalue weighted by Crippen LogP contribution is -2.23. The number of hydrogen-bond acceptors (Lipinski definition) is 5. The Kier molecular flexibility index (Phi) is 6.43. The van der Waals surface area contributed by atoms with Gasteiger partial charge < -0.3 is 14.0 Å². The molecule has 2 aromatic carbocycles.